The summed E-state index contributed by atoms with van der Waals surface area (Å²) < 4.78 is 27.1. The highest BCUT2D eigenvalue weighted by Gasteiger charge is 2.37. The highest BCUT2D eigenvalue weighted by molar-refractivity contribution is 7.89. The number of amides is 1. The molecule has 6 nitrogen and oxygen atoms in total. The summed E-state index contributed by atoms with van der Waals surface area (Å²) in [5.41, 5.74) is 0.492. The predicted molar refractivity (Wildman–Crippen MR) is 103 cm³/mol. The molecule has 3 rings (SSSR count). The van der Waals surface area contributed by atoms with Crippen LogP contribution in [0.15, 0.2) is 29.2 Å². The van der Waals surface area contributed by atoms with E-state index in [2.05, 4.69) is 6.92 Å². The zero-order chi connectivity index (χ0) is 19.8. The number of hydrogen-bond acceptors (Lipinski definition) is 4. The second-order valence-corrected chi connectivity index (χ2v) is 9.72. The van der Waals surface area contributed by atoms with E-state index in [1.54, 1.807) is 12.1 Å². The van der Waals surface area contributed by atoms with Gasteiger partial charge in [-0.1, -0.05) is 12.1 Å². The molecule has 27 heavy (non-hydrogen) atoms. The van der Waals surface area contributed by atoms with Gasteiger partial charge in [0.15, 0.2) is 5.78 Å². The van der Waals surface area contributed by atoms with E-state index in [0.29, 0.717) is 37.4 Å². The highest BCUT2D eigenvalue weighted by Crippen LogP contribution is 2.35. The zero-order valence-electron chi connectivity index (χ0n) is 16.2. The SMILES string of the molecule is CC(=O)c1ccc(S(=O)(=O)N2CCC(C(=O)N(C)C(C)C3CC3)CC2)cc1. The van der Waals surface area contributed by atoms with Crippen LogP contribution in [-0.4, -0.2) is 55.5 Å². The number of rotatable bonds is 6. The fourth-order valence-electron chi connectivity index (χ4n) is 3.74. The molecule has 1 aromatic rings. The minimum atomic E-state index is -3.60. The molecule has 1 unspecified atom stereocenters. The topological polar surface area (TPSA) is 74.8 Å². The van der Waals surface area contributed by atoms with Crippen LogP contribution >= 0.6 is 0 Å². The Morgan fingerprint density at radius 2 is 1.63 bits per heavy atom. The Bertz CT molecular complexity index is 807. The summed E-state index contributed by atoms with van der Waals surface area (Å²) in [6.07, 6.45) is 3.48. The van der Waals surface area contributed by atoms with Crippen LogP contribution in [0.3, 0.4) is 0 Å². The van der Waals surface area contributed by atoms with Crippen LogP contribution in [0.5, 0.6) is 0 Å². The fraction of sp³-hybridized carbons (Fsp3) is 0.600. The van der Waals surface area contributed by atoms with Gasteiger partial charge in [-0.05, 0) is 57.6 Å². The number of ketones is 1. The summed E-state index contributed by atoms with van der Waals surface area (Å²) in [4.78, 5) is 26.1. The molecular formula is C20H28N2O4S. The second-order valence-electron chi connectivity index (χ2n) is 7.79. The number of piperidine rings is 1. The van der Waals surface area contributed by atoms with Gasteiger partial charge in [-0.3, -0.25) is 9.59 Å². The third-order valence-corrected chi connectivity index (χ3v) is 7.88. The lowest BCUT2D eigenvalue weighted by atomic mass is 9.96. The normalized spacial score (nSPS) is 20.3. The van der Waals surface area contributed by atoms with Gasteiger partial charge >= 0.3 is 0 Å². The number of benzene rings is 1. The van der Waals surface area contributed by atoms with E-state index in [4.69, 9.17) is 0 Å². The maximum atomic E-state index is 12.8. The first-order valence-corrected chi connectivity index (χ1v) is 11.0. The van der Waals surface area contributed by atoms with Crippen molar-refractivity contribution in [1.29, 1.82) is 0 Å². The molecule has 0 aromatic heterocycles. The quantitative estimate of drug-likeness (QED) is 0.697. The number of nitrogens with zero attached hydrogens (tertiary/aromatic N) is 2. The largest absolute Gasteiger partial charge is 0.343 e. The number of carbonyl (C=O) groups is 2. The first kappa shape index (κ1) is 20.0. The van der Waals surface area contributed by atoms with Crippen LogP contribution in [0.2, 0.25) is 0 Å². The number of carbonyl (C=O) groups excluding carboxylic acids is 2. The average Bonchev–Trinajstić information content (AvgIpc) is 3.51. The number of hydrogen-bond donors (Lipinski definition) is 0. The number of Topliss-reactive ketones (excluding diaryl/α,β-unsaturated/α-hetero) is 1. The zero-order valence-corrected chi connectivity index (χ0v) is 17.0. The van der Waals surface area contributed by atoms with Gasteiger partial charge in [-0.25, -0.2) is 8.42 Å². The van der Waals surface area contributed by atoms with Gasteiger partial charge in [-0.2, -0.15) is 4.31 Å². The van der Waals surface area contributed by atoms with Crippen molar-refractivity contribution in [3.63, 3.8) is 0 Å². The molecule has 7 heteroatoms. The molecule has 1 aromatic carbocycles. The molecule has 1 atom stereocenters. The summed E-state index contributed by atoms with van der Waals surface area (Å²) in [6, 6.07) is 6.31. The second kappa shape index (κ2) is 7.72. The third-order valence-electron chi connectivity index (χ3n) is 5.96. The molecule has 2 aliphatic rings. The van der Waals surface area contributed by atoms with Gasteiger partial charge in [0.05, 0.1) is 4.90 Å². The minimum absolute atomic E-state index is 0.0946. The van der Waals surface area contributed by atoms with Gasteiger partial charge in [-0.15, -0.1) is 0 Å². The van der Waals surface area contributed by atoms with Crippen molar-refractivity contribution in [2.45, 2.75) is 50.5 Å². The maximum absolute atomic E-state index is 12.8. The van der Waals surface area contributed by atoms with Gasteiger partial charge in [0.2, 0.25) is 15.9 Å². The van der Waals surface area contributed by atoms with Gasteiger partial charge in [0.1, 0.15) is 0 Å². The first-order chi connectivity index (χ1) is 12.7. The van der Waals surface area contributed by atoms with Crippen molar-refractivity contribution < 1.29 is 18.0 Å². The summed E-state index contributed by atoms with van der Waals surface area (Å²) in [5.74, 6) is 0.556. The predicted octanol–water partition coefficient (Wildman–Crippen LogP) is 2.55. The fourth-order valence-corrected chi connectivity index (χ4v) is 5.21. The Morgan fingerprint density at radius 1 is 1.07 bits per heavy atom. The van der Waals surface area contributed by atoms with Crippen molar-refractivity contribution in [1.82, 2.24) is 9.21 Å². The average molecular weight is 393 g/mol. The molecule has 1 heterocycles. The molecular weight excluding hydrogens is 364 g/mol. The van der Waals surface area contributed by atoms with Gasteiger partial charge in [0.25, 0.3) is 0 Å². The summed E-state index contributed by atoms with van der Waals surface area (Å²) in [6.45, 7) is 4.24. The summed E-state index contributed by atoms with van der Waals surface area (Å²) in [5, 5.41) is 0. The lowest BCUT2D eigenvalue weighted by Gasteiger charge is -2.34. The Balaban J connectivity index is 1.62. The van der Waals surface area contributed by atoms with E-state index < -0.39 is 10.0 Å². The molecule has 2 fully saturated rings. The van der Waals surface area contributed by atoms with Crippen LogP contribution in [0.25, 0.3) is 0 Å². The van der Waals surface area contributed by atoms with E-state index in [0.717, 1.165) is 0 Å². The minimum Gasteiger partial charge on any atom is -0.343 e. The molecule has 1 saturated carbocycles. The molecule has 1 aliphatic carbocycles. The van der Waals surface area contributed by atoms with Crippen molar-refractivity contribution in [2.24, 2.45) is 11.8 Å². The van der Waals surface area contributed by atoms with Crippen molar-refractivity contribution >= 4 is 21.7 Å². The van der Waals surface area contributed by atoms with Crippen LogP contribution in [-0.2, 0) is 14.8 Å². The Hall–Kier alpha value is -1.73. The Kier molecular flexibility index (Phi) is 5.72. The van der Waals surface area contributed by atoms with Crippen molar-refractivity contribution in [2.75, 3.05) is 20.1 Å². The monoisotopic (exact) mass is 392 g/mol. The van der Waals surface area contributed by atoms with Crippen molar-refractivity contribution in [3.8, 4) is 0 Å². The summed E-state index contributed by atoms with van der Waals surface area (Å²) in [7, 11) is -1.73. The Morgan fingerprint density at radius 3 is 2.11 bits per heavy atom. The molecule has 148 valence electrons. The van der Waals surface area contributed by atoms with E-state index in [-0.39, 0.29) is 28.5 Å². The molecule has 1 saturated heterocycles. The third kappa shape index (κ3) is 4.24. The molecule has 1 amide bonds. The molecule has 0 radical (unpaired) electrons. The molecule has 0 spiro atoms. The van der Waals surface area contributed by atoms with E-state index in [1.807, 2.05) is 11.9 Å². The number of sulfonamides is 1. The van der Waals surface area contributed by atoms with Crippen LogP contribution < -0.4 is 0 Å². The van der Waals surface area contributed by atoms with Gasteiger partial charge in [0, 0.05) is 37.7 Å². The van der Waals surface area contributed by atoms with Crippen LogP contribution in [0, 0.1) is 11.8 Å². The molecule has 0 N–H and O–H groups in total. The maximum Gasteiger partial charge on any atom is 0.243 e. The smallest absolute Gasteiger partial charge is 0.243 e. The standard InChI is InChI=1S/C20H28N2O4S/c1-14(16-4-5-16)21(3)20(24)18-10-12-22(13-11-18)27(25,26)19-8-6-17(7-9-19)15(2)23/h6-9,14,16,18H,4-5,10-13H2,1-3H3. The Labute approximate surface area is 161 Å². The highest BCUT2D eigenvalue weighted by atomic mass is 32.2. The first-order valence-electron chi connectivity index (χ1n) is 9.59. The van der Waals surface area contributed by atoms with Gasteiger partial charge < -0.3 is 4.90 Å². The van der Waals surface area contributed by atoms with E-state index in [9.17, 15) is 18.0 Å². The lowest BCUT2D eigenvalue weighted by molar-refractivity contribution is -0.137. The molecule has 1 aliphatic heterocycles. The van der Waals surface area contributed by atoms with Crippen LogP contribution in [0.4, 0.5) is 0 Å². The van der Waals surface area contributed by atoms with Crippen molar-refractivity contribution in [3.05, 3.63) is 29.8 Å². The molecule has 0 bridgehead atoms. The van der Waals surface area contributed by atoms with Crippen LogP contribution in [0.1, 0.15) is 49.9 Å². The summed E-state index contributed by atoms with van der Waals surface area (Å²) >= 11 is 0. The lowest BCUT2D eigenvalue weighted by Crippen LogP contribution is -2.45. The van der Waals surface area contributed by atoms with E-state index >= 15 is 0 Å². The van der Waals surface area contributed by atoms with E-state index in [1.165, 1.54) is 36.2 Å².